The van der Waals surface area contributed by atoms with Gasteiger partial charge in [0.25, 0.3) is 0 Å². The molecule has 3 rings (SSSR count). The van der Waals surface area contributed by atoms with Crippen LogP contribution in [0.2, 0.25) is 5.02 Å². The third-order valence-electron chi connectivity index (χ3n) is 3.48. The molecular weight excluding hydrogens is 370 g/mol. The van der Waals surface area contributed by atoms with E-state index in [-0.39, 0.29) is 12.2 Å². The first-order chi connectivity index (χ1) is 10.5. The topological polar surface area (TPSA) is 52.2 Å². The molecule has 0 aliphatic rings. The number of carbonyl (C=O) groups excluding carboxylic acids is 1. The molecule has 4 nitrogen and oxygen atoms in total. The Hall–Kier alpha value is -1.85. The first-order valence-electron chi connectivity index (χ1n) is 6.52. The quantitative estimate of drug-likeness (QED) is 0.646. The van der Waals surface area contributed by atoms with Crippen molar-refractivity contribution < 1.29 is 9.21 Å². The maximum Gasteiger partial charge on any atom is 0.419 e. The highest BCUT2D eigenvalue weighted by atomic mass is 79.9. The monoisotopic (exact) mass is 379 g/mol. The molecule has 0 atom stereocenters. The van der Waals surface area contributed by atoms with E-state index in [0.29, 0.717) is 21.7 Å². The first-order valence-corrected chi connectivity index (χ1v) is 7.69. The third kappa shape index (κ3) is 2.74. The number of hydrogen-bond acceptors (Lipinski definition) is 3. The molecule has 0 saturated heterocycles. The lowest BCUT2D eigenvalue weighted by molar-refractivity contribution is 0.0993. The van der Waals surface area contributed by atoms with E-state index in [2.05, 4.69) is 15.9 Å². The summed E-state index contributed by atoms with van der Waals surface area (Å²) in [7, 11) is 1.62. The summed E-state index contributed by atoms with van der Waals surface area (Å²) in [5.74, 6) is -0.534. The molecule has 1 heterocycles. The van der Waals surface area contributed by atoms with Gasteiger partial charge in [0.15, 0.2) is 11.4 Å². The number of ketones is 1. The fourth-order valence-corrected chi connectivity index (χ4v) is 2.99. The van der Waals surface area contributed by atoms with Gasteiger partial charge in [-0.25, -0.2) is 4.79 Å². The van der Waals surface area contributed by atoms with Crippen molar-refractivity contribution in [3.63, 3.8) is 0 Å². The van der Waals surface area contributed by atoms with Gasteiger partial charge < -0.3 is 4.42 Å². The largest absolute Gasteiger partial charge is 0.419 e. The molecule has 0 aliphatic heterocycles. The lowest BCUT2D eigenvalue weighted by Crippen LogP contribution is -2.08. The summed E-state index contributed by atoms with van der Waals surface area (Å²) >= 11 is 9.46. The minimum atomic E-state index is -0.449. The minimum absolute atomic E-state index is 0.0855. The lowest BCUT2D eigenvalue weighted by atomic mass is 10.0. The Morgan fingerprint density at radius 2 is 2.05 bits per heavy atom. The van der Waals surface area contributed by atoms with Crippen molar-refractivity contribution in [2.24, 2.45) is 7.05 Å². The predicted molar refractivity (Wildman–Crippen MR) is 88.6 cm³/mol. The van der Waals surface area contributed by atoms with Crippen molar-refractivity contribution in [2.75, 3.05) is 0 Å². The second-order valence-corrected chi connectivity index (χ2v) is 6.27. The molecule has 0 N–H and O–H groups in total. The highest BCUT2D eigenvalue weighted by molar-refractivity contribution is 9.10. The highest BCUT2D eigenvalue weighted by Crippen LogP contribution is 2.23. The van der Waals surface area contributed by atoms with Crippen LogP contribution in [-0.4, -0.2) is 10.4 Å². The zero-order valence-electron chi connectivity index (χ0n) is 11.6. The molecule has 0 aliphatic carbocycles. The molecule has 0 unspecified atom stereocenters. The molecule has 1 aromatic heterocycles. The van der Waals surface area contributed by atoms with E-state index in [0.717, 1.165) is 10.0 Å². The average Bonchev–Trinajstić information content (AvgIpc) is 2.76. The maximum atomic E-state index is 12.4. The number of nitrogens with zero attached hydrogens (tertiary/aromatic N) is 1. The molecule has 0 spiro atoms. The van der Waals surface area contributed by atoms with E-state index in [4.69, 9.17) is 16.0 Å². The molecule has 22 heavy (non-hydrogen) atoms. The molecule has 6 heteroatoms. The van der Waals surface area contributed by atoms with E-state index in [1.54, 1.807) is 31.3 Å². The van der Waals surface area contributed by atoms with Crippen molar-refractivity contribution in [1.82, 2.24) is 4.57 Å². The van der Waals surface area contributed by atoms with Crippen LogP contribution < -0.4 is 5.76 Å². The van der Waals surface area contributed by atoms with Crippen molar-refractivity contribution in [3.8, 4) is 0 Å². The van der Waals surface area contributed by atoms with Crippen LogP contribution in [0.25, 0.3) is 11.1 Å². The fraction of sp³-hybridized carbons (Fsp3) is 0.125. The van der Waals surface area contributed by atoms with Crippen molar-refractivity contribution in [3.05, 3.63) is 67.6 Å². The van der Waals surface area contributed by atoms with Gasteiger partial charge in [0.2, 0.25) is 0 Å². The van der Waals surface area contributed by atoms with Gasteiger partial charge in [0.1, 0.15) is 0 Å². The van der Waals surface area contributed by atoms with Crippen LogP contribution in [0.3, 0.4) is 0 Å². The first kappa shape index (κ1) is 15.1. The number of aryl methyl sites for hydroxylation is 1. The normalized spacial score (nSPS) is 11.0. The molecule has 0 amide bonds. The summed E-state index contributed by atoms with van der Waals surface area (Å²) < 4.78 is 7.36. The van der Waals surface area contributed by atoms with Crippen LogP contribution in [0, 0.1) is 0 Å². The number of rotatable bonds is 3. The van der Waals surface area contributed by atoms with Gasteiger partial charge in [-0.3, -0.25) is 9.36 Å². The maximum absolute atomic E-state index is 12.4. The Kier molecular flexibility index (Phi) is 3.93. The minimum Gasteiger partial charge on any atom is -0.408 e. The van der Waals surface area contributed by atoms with E-state index < -0.39 is 5.76 Å². The Labute approximate surface area is 139 Å². The Bertz CT molecular complexity index is 942. The second-order valence-electron chi connectivity index (χ2n) is 4.95. The zero-order valence-corrected chi connectivity index (χ0v) is 13.9. The van der Waals surface area contributed by atoms with Crippen molar-refractivity contribution in [1.29, 1.82) is 0 Å². The summed E-state index contributed by atoms with van der Waals surface area (Å²) in [5, 5.41) is 0.537. The number of halogens is 2. The number of hydrogen-bond donors (Lipinski definition) is 0. The van der Waals surface area contributed by atoms with Crippen molar-refractivity contribution in [2.45, 2.75) is 6.42 Å². The zero-order chi connectivity index (χ0) is 15.9. The smallest absolute Gasteiger partial charge is 0.408 e. The number of carbonyl (C=O) groups is 1. The molecular formula is C16H11BrClNO3. The summed E-state index contributed by atoms with van der Waals surface area (Å²) in [4.78, 5) is 23.9. The summed E-state index contributed by atoms with van der Waals surface area (Å²) in [5.41, 5.74) is 2.30. The number of fused-ring (bicyclic) bond motifs is 1. The number of benzene rings is 2. The lowest BCUT2D eigenvalue weighted by Gasteiger charge is -2.05. The highest BCUT2D eigenvalue weighted by Gasteiger charge is 2.13. The second kappa shape index (κ2) is 5.74. The molecule has 0 fully saturated rings. The Balaban J connectivity index is 1.93. The standard InChI is InChI=1S/C16H11BrClNO3/c1-19-13-5-3-10(7-15(13)22-16(19)21)14(20)6-9-2-4-11(17)8-12(9)18/h2-5,7-8H,6H2,1H3. The number of Topliss-reactive ketones (excluding diaryl/α,β-unsaturated/α-hetero) is 1. The van der Waals surface area contributed by atoms with Crippen molar-refractivity contribution >= 4 is 44.4 Å². The SMILES string of the molecule is Cn1c(=O)oc2cc(C(=O)Cc3ccc(Br)cc3Cl)ccc21. The van der Waals surface area contributed by atoms with E-state index in [1.807, 2.05) is 12.1 Å². The predicted octanol–water partition coefficient (Wildman–Crippen LogP) is 3.97. The number of oxazole rings is 1. The van der Waals surface area contributed by atoms with Gasteiger partial charge in [-0.1, -0.05) is 33.6 Å². The van der Waals surface area contributed by atoms with Gasteiger partial charge in [-0.15, -0.1) is 0 Å². The van der Waals surface area contributed by atoms with E-state index in [1.165, 1.54) is 4.57 Å². The van der Waals surface area contributed by atoms with Crippen LogP contribution in [0.1, 0.15) is 15.9 Å². The molecule has 0 bridgehead atoms. The van der Waals surface area contributed by atoms with Crippen LogP contribution in [0.5, 0.6) is 0 Å². The Morgan fingerprint density at radius 3 is 2.77 bits per heavy atom. The van der Waals surface area contributed by atoms with Gasteiger partial charge in [-0.05, 0) is 35.9 Å². The molecule has 2 aromatic carbocycles. The van der Waals surface area contributed by atoms with E-state index >= 15 is 0 Å². The fourth-order valence-electron chi connectivity index (χ4n) is 2.25. The third-order valence-corrected chi connectivity index (χ3v) is 4.33. The van der Waals surface area contributed by atoms with Crippen LogP contribution >= 0.6 is 27.5 Å². The van der Waals surface area contributed by atoms with Gasteiger partial charge in [-0.2, -0.15) is 0 Å². The van der Waals surface area contributed by atoms with Crippen LogP contribution in [-0.2, 0) is 13.5 Å². The van der Waals surface area contributed by atoms with Gasteiger partial charge in [0, 0.05) is 28.5 Å². The molecule has 0 radical (unpaired) electrons. The Morgan fingerprint density at radius 1 is 1.27 bits per heavy atom. The molecule has 3 aromatic rings. The average molecular weight is 381 g/mol. The summed E-state index contributed by atoms with van der Waals surface area (Å²) in [6.07, 6.45) is 0.189. The molecule has 0 saturated carbocycles. The van der Waals surface area contributed by atoms with Crippen LogP contribution in [0.15, 0.2) is 50.1 Å². The van der Waals surface area contributed by atoms with Gasteiger partial charge >= 0.3 is 5.76 Å². The summed E-state index contributed by atoms with van der Waals surface area (Å²) in [6, 6.07) is 10.4. The molecule has 112 valence electrons. The summed E-state index contributed by atoms with van der Waals surface area (Å²) in [6.45, 7) is 0. The van der Waals surface area contributed by atoms with Crippen LogP contribution in [0.4, 0.5) is 0 Å². The van der Waals surface area contributed by atoms with E-state index in [9.17, 15) is 9.59 Å². The van der Waals surface area contributed by atoms with Gasteiger partial charge in [0.05, 0.1) is 5.52 Å². The number of aromatic nitrogens is 1.